The molecule has 0 aliphatic carbocycles. The molecule has 0 atom stereocenters. The van der Waals surface area contributed by atoms with Crippen LogP contribution in [0.1, 0.15) is 18.4 Å². The standard InChI is InChI=1S/C19H19N3O5/c1-13-11-14(8-9-16(13)22(25)26)27-12-18(23)20-15-5-2-3-6-17(15)21-10-4-7-19(21)24/h2-3,5-6,8-9,11H,4,7,10,12H2,1H3,(H,20,23). The van der Waals surface area contributed by atoms with Gasteiger partial charge in [0.25, 0.3) is 11.6 Å². The van der Waals surface area contributed by atoms with Crippen molar-refractivity contribution >= 4 is 28.9 Å². The number of ether oxygens (including phenoxy) is 1. The summed E-state index contributed by atoms with van der Waals surface area (Å²) in [4.78, 5) is 36.3. The molecule has 1 N–H and O–H groups in total. The third-order valence-electron chi connectivity index (χ3n) is 4.28. The van der Waals surface area contributed by atoms with Crippen molar-refractivity contribution in [3.05, 3.63) is 58.1 Å². The van der Waals surface area contributed by atoms with Crippen LogP contribution in [0.4, 0.5) is 17.1 Å². The van der Waals surface area contributed by atoms with Gasteiger partial charge in [0.15, 0.2) is 6.61 Å². The van der Waals surface area contributed by atoms with Crippen LogP contribution in [0.15, 0.2) is 42.5 Å². The van der Waals surface area contributed by atoms with E-state index >= 15 is 0 Å². The van der Waals surface area contributed by atoms with Gasteiger partial charge >= 0.3 is 0 Å². The summed E-state index contributed by atoms with van der Waals surface area (Å²) in [5, 5.41) is 13.6. The van der Waals surface area contributed by atoms with E-state index in [0.29, 0.717) is 35.7 Å². The van der Waals surface area contributed by atoms with Crippen molar-refractivity contribution in [3.8, 4) is 5.75 Å². The topological polar surface area (TPSA) is 102 Å². The van der Waals surface area contributed by atoms with Gasteiger partial charge in [0.2, 0.25) is 5.91 Å². The summed E-state index contributed by atoms with van der Waals surface area (Å²) in [5.41, 5.74) is 1.66. The molecular formula is C19H19N3O5. The van der Waals surface area contributed by atoms with E-state index in [1.54, 1.807) is 30.0 Å². The van der Waals surface area contributed by atoms with Crippen LogP contribution in [-0.4, -0.2) is 29.9 Å². The lowest BCUT2D eigenvalue weighted by Gasteiger charge is -2.20. The molecule has 1 fully saturated rings. The first-order valence-corrected chi connectivity index (χ1v) is 8.53. The second-order valence-corrected chi connectivity index (χ2v) is 6.21. The van der Waals surface area contributed by atoms with E-state index in [1.165, 1.54) is 18.2 Å². The number of carbonyl (C=O) groups is 2. The number of amides is 2. The maximum atomic E-state index is 12.2. The maximum Gasteiger partial charge on any atom is 0.272 e. The number of benzene rings is 2. The van der Waals surface area contributed by atoms with Crippen molar-refractivity contribution in [2.45, 2.75) is 19.8 Å². The highest BCUT2D eigenvalue weighted by atomic mass is 16.6. The van der Waals surface area contributed by atoms with Crippen LogP contribution >= 0.6 is 0 Å². The number of para-hydroxylation sites is 2. The van der Waals surface area contributed by atoms with Crippen molar-refractivity contribution in [2.75, 3.05) is 23.4 Å². The summed E-state index contributed by atoms with van der Waals surface area (Å²) in [6.07, 6.45) is 1.30. The first kappa shape index (κ1) is 18.4. The minimum Gasteiger partial charge on any atom is -0.484 e. The fraction of sp³-hybridized carbons (Fsp3) is 0.263. The molecule has 140 valence electrons. The van der Waals surface area contributed by atoms with Crippen LogP contribution in [0.2, 0.25) is 0 Å². The van der Waals surface area contributed by atoms with E-state index in [0.717, 1.165) is 6.42 Å². The summed E-state index contributed by atoms with van der Waals surface area (Å²) in [6.45, 7) is 1.98. The third kappa shape index (κ3) is 4.22. The number of nitro groups is 1. The van der Waals surface area contributed by atoms with Crippen molar-refractivity contribution in [2.24, 2.45) is 0 Å². The van der Waals surface area contributed by atoms with Gasteiger partial charge in [0.05, 0.1) is 16.3 Å². The number of hydrogen-bond acceptors (Lipinski definition) is 5. The Morgan fingerprint density at radius 1 is 1.30 bits per heavy atom. The highest BCUT2D eigenvalue weighted by molar-refractivity contribution is 6.02. The highest BCUT2D eigenvalue weighted by Gasteiger charge is 2.24. The molecule has 1 saturated heterocycles. The summed E-state index contributed by atoms with van der Waals surface area (Å²) >= 11 is 0. The molecule has 8 nitrogen and oxygen atoms in total. The number of hydrogen-bond donors (Lipinski definition) is 1. The summed E-state index contributed by atoms with van der Waals surface area (Å²) < 4.78 is 5.43. The number of nitrogens with one attached hydrogen (secondary N) is 1. The largest absolute Gasteiger partial charge is 0.484 e. The van der Waals surface area contributed by atoms with E-state index in [-0.39, 0.29) is 24.1 Å². The first-order valence-electron chi connectivity index (χ1n) is 8.53. The van der Waals surface area contributed by atoms with Crippen LogP contribution in [0.25, 0.3) is 0 Å². The number of anilines is 2. The van der Waals surface area contributed by atoms with Gasteiger partial charge in [0.1, 0.15) is 5.75 Å². The molecular weight excluding hydrogens is 350 g/mol. The van der Waals surface area contributed by atoms with Crippen molar-refractivity contribution in [1.82, 2.24) is 0 Å². The predicted molar refractivity (Wildman–Crippen MR) is 100.0 cm³/mol. The van der Waals surface area contributed by atoms with Crippen molar-refractivity contribution in [1.29, 1.82) is 0 Å². The molecule has 2 aromatic carbocycles. The number of nitrogens with zero attached hydrogens (tertiary/aromatic N) is 2. The molecule has 0 bridgehead atoms. The Morgan fingerprint density at radius 3 is 2.74 bits per heavy atom. The van der Waals surface area contributed by atoms with Gasteiger partial charge < -0.3 is 15.0 Å². The van der Waals surface area contributed by atoms with Gasteiger partial charge in [-0.1, -0.05) is 12.1 Å². The molecule has 2 amide bonds. The van der Waals surface area contributed by atoms with Crippen LogP contribution in [0.3, 0.4) is 0 Å². The molecule has 0 radical (unpaired) electrons. The predicted octanol–water partition coefficient (Wildman–Crippen LogP) is 3.05. The lowest BCUT2D eigenvalue weighted by Crippen LogP contribution is -2.26. The second-order valence-electron chi connectivity index (χ2n) is 6.21. The molecule has 2 aromatic rings. The molecule has 27 heavy (non-hydrogen) atoms. The van der Waals surface area contributed by atoms with Gasteiger partial charge in [-0.3, -0.25) is 19.7 Å². The van der Waals surface area contributed by atoms with E-state index in [9.17, 15) is 19.7 Å². The Hall–Kier alpha value is -3.42. The average molecular weight is 369 g/mol. The van der Waals surface area contributed by atoms with E-state index in [1.807, 2.05) is 6.07 Å². The van der Waals surface area contributed by atoms with Crippen molar-refractivity contribution in [3.63, 3.8) is 0 Å². The lowest BCUT2D eigenvalue weighted by atomic mass is 10.2. The summed E-state index contributed by atoms with van der Waals surface area (Å²) in [6, 6.07) is 11.4. The second kappa shape index (κ2) is 7.86. The smallest absolute Gasteiger partial charge is 0.272 e. The highest BCUT2D eigenvalue weighted by Crippen LogP contribution is 2.29. The number of carbonyl (C=O) groups excluding carboxylic acids is 2. The number of aryl methyl sites for hydroxylation is 1. The Balaban J connectivity index is 1.64. The molecule has 3 rings (SSSR count). The van der Waals surface area contributed by atoms with Gasteiger partial charge in [-0.05, 0) is 37.6 Å². The molecule has 0 spiro atoms. The Labute approximate surface area is 155 Å². The Morgan fingerprint density at radius 2 is 2.07 bits per heavy atom. The maximum absolute atomic E-state index is 12.2. The van der Waals surface area contributed by atoms with Gasteiger partial charge in [-0.15, -0.1) is 0 Å². The minimum atomic E-state index is -0.470. The normalized spacial score (nSPS) is 13.5. The number of rotatable bonds is 6. The SMILES string of the molecule is Cc1cc(OCC(=O)Nc2ccccc2N2CCCC2=O)ccc1[N+](=O)[O-]. The van der Waals surface area contributed by atoms with Crippen LogP contribution in [-0.2, 0) is 9.59 Å². The quantitative estimate of drug-likeness (QED) is 0.623. The molecule has 1 heterocycles. The first-order chi connectivity index (χ1) is 13.0. The zero-order valence-electron chi connectivity index (χ0n) is 14.8. The van der Waals surface area contributed by atoms with Gasteiger partial charge in [-0.2, -0.15) is 0 Å². The van der Waals surface area contributed by atoms with Gasteiger partial charge in [-0.25, -0.2) is 0 Å². The molecule has 0 saturated carbocycles. The molecule has 1 aliphatic rings. The number of nitro benzene ring substituents is 1. The zero-order chi connectivity index (χ0) is 19.4. The van der Waals surface area contributed by atoms with Gasteiger partial charge in [0, 0.05) is 24.6 Å². The monoisotopic (exact) mass is 369 g/mol. The fourth-order valence-corrected chi connectivity index (χ4v) is 2.98. The molecule has 1 aliphatic heterocycles. The molecule has 0 unspecified atom stereocenters. The zero-order valence-corrected chi connectivity index (χ0v) is 14.8. The van der Waals surface area contributed by atoms with E-state index < -0.39 is 4.92 Å². The molecule has 0 aromatic heterocycles. The van der Waals surface area contributed by atoms with E-state index in [4.69, 9.17) is 4.74 Å². The summed E-state index contributed by atoms with van der Waals surface area (Å²) in [7, 11) is 0. The lowest BCUT2D eigenvalue weighted by molar-refractivity contribution is -0.385. The average Bonchev–Trinajstić information content (AvgIpc) is 3.06. The minimum absolute atomic E-state index is 0.00370. The van der Waals surface area contributed by atoms with Crippen LogP contribution in [0.5, 0.6) is 5.75 Å². The molecule has 8 heteroatoms. The van der Waals surface area contributed by atoms with E-state index in [2.05, 4.69) is 5.32 Å². The van der Waals surface area contributed by atoms with Crippen LogP contribution in [0, 0.1) is 17.0 Å². The van der Waals surface area contributed by atoms with Crippen molar-refractivity contribution < 1.29 is 19.2 Å². The Kier molecular flexibility index (Phi) is 5.35. The fourth-order valence-electron chi connectivity index (χ4n) is 2.98. The van der Waals surface area contributed by atoms with Crippen LogP contribution < -0.4 is 15.0 Å². The summed E-state index contributed by atoms with van der Waals surface area (Å²) in [5.74, 6) is 0.0238. The Bertz CT molecular complexity index is 897. The third-order valence-corrected chi connectivity index (χ3v) is 4.28.